The molecular formula is C21H23FO4. The Bertz CT molecular complexity index is 738. The van der Waals surface area contributed by atoms with Gasteiger partial charge >= 0.3 is 5.97 Å². The molecular weight excluding hydrogens is 335 g/mol. The van der Waals surface area contributed by atoms with Gasteiger partial charge in [0.25, 0.3) is 0 Å². The number of carbonyl (C=O) groups is 1. The standard InChI is InChI=1S/C21H23FO4/c1-3-4-5-14-25-19-12-6-16(15-20(19)24-2)7-13-21(23)26-18-10-8-17(22)9-11-18/h6-13,15H,3-5,14H2,1-2H3/b13-7+. The van der Waals surface area contributed by atoms with Gasteiger partial charge in [0.05, 0.1) is 13.7 Å². The molecule has 0 unspecified atom stereocenters. The highest BCUT2D eigenvalue weighted by Gasteiger charge is 2.06. The number of benzene rings is 2. The SMILES string of the molecule is CCCCCOc1ccc(/C=C/C(=O)Oc2ccc(F)cc2)cc1OC. The van der Waals surface area contributed by atoms with Gasteiger partial charge in [0.15, 0.2) is 11.5 Å². The zero-order valence-corrected chi connectivity index (χ0v) is 15.0. The lowest BCUT2D eigenvalue weighted by atomic mass is 10.2. The molecule has 0 radical (unpaired) electrons. The molecule has 2 rings (SSSR count). The van der Waals surface area contributed by atoms with Gasteiger partial charge in [-0.15, -0.1) is 0 Å². The van der Waals surface area contributed by atoms with E-state index < -0.39 is 5.97 Å². The van der Waals surface area contributed by atoms with Gasteiger partial charge in [0.1, 0.15) is 11.6 Å². The van der Waals surface area contributed by atoms with Crippen LogP contribution >= 0.6 is 0 Å². The van der Waals surface area contributed by atoms with Crippen molar-refractivity contribution in [2.75, 3.05) is 13.7 Å². The molecule has 0 spiro atoms. The van der Waals surface area contributed by atoms with E-state index in [0.717, 1.165) is 24.8 Å². The Labute approximate surface area is 153 Å². The normalized spacial score (nSPS) is 10.7. The number of hydrogen-bond donors (Lipinski definition) is 0. The monoisotopic (exact) mass is 358 g/mol. The first-order valence-corrected chi connectivity index (χ1v) is 8.58. The minimum atomic E-state index is -0.546. The van der Waals surface area contributed by atoms with Crippen LogP contribution in [0.5, 0.6) is 17.2 Å². The second-order valence-electron chi connectivity index (χ2n) is 5.67. The van der Waals surface area contributed by atoms with E-state index in [1.807, 2.05) is 12.1 Å². The van der Waals surface area contributed by atoms with Gasteiger partial charge in [0, 0.05) is 6.08 Å². The van der Waals surface area contributed by atoms with Crippen LogP contribution in [0.1, 0.15) is 31.7 Å². The molecule has 138 valence electrons. The molecule has 0 aliphatic carbocycles. The highest BCUT2D eigenvalue weighted by atomic mass is 19.1. The van der Waals surface area contributed by atoms with Crippen LogP contribution in [0.15, 0.2) is 48.5 Å². The minimum Gasteiger partial charge on any atom is -0.493 e. The average Bonchev–Trinajstić information content (AvgIpc) is 2.66. The van der Waals surface area contributed by atoms with Gasteiger partial charge < -0.3 is 14.2 Å². The fourth-order valence-electron chi connectivity index (χ4n) is 2.26. The molecule has 2 aromatic rings. The van der Waals surface area contributed by atoms with Crippen molar-refractivity contribution in [1.29, 1.82) is 0 Å². The minimum absolute atomic E-state index is 0.287. The van der Waals surface area contributed by atoms with Gasteiger partial charge in [-0.1, -0.05) is 25.8 Å². The van der Waals surface area contributed by atoms with Crippen molar-refractivity contribution in [2.45, 2.75) is 26.2 Å². The van der Waals surface area contributed by atoms with Crippen molar-refractivity contribution in [1.82, 2.24) is 0 Å². The smallest absolute Gasteiger partial charge is 0.336 e. The summed E-state index contributed by atoms with van der Waals surface area (Å²) in [6.07, 6.45) is 6.18. The molecule has 0 aliphatic heterocycles. The third-order valence-corrected chi connectivity index (χ3v) is 3.64. The summed E-state index contributed by atoms with van der Waals surface area (Å²) >= 11 is 0. The van der Waals surface area contributed by atoms with E-state index in [-0.39, 0.29) is 11.6 Å². The molecule has 0 N–H and O–H groups in total. The zero-order valence-electron chi connectivity index (χ0n) is 15.0. The fraction of sp³-hybridized carbons (Fsp3) is 0.286. The third kappa shape index (κ3) is 6.24. The molecule has 0 saturated heterocycles. The topological polar surface area (TPSA) is 44.8 Å². The number of hydrogen-bond acceptors (Lipinski definition) is 4. The Morgan fingerprint density at radius 1 is 1.08 bits per heavy atom. The van der Waals surface area contributed by atoms with Crippen LogP contribution in [0.25, 0.3) is 6.08 Å². The Morgan fingerprint density at radius 3 is 2.54 bits per heavy atom. The van der Waals surface area contributed by atoms with Crippen LogP contribution in [-0.2, 0) is 4.79 Å². The number of esters is 1. The van der Waals surface area contributed by atoms with Crippen LogP contribution in [0.2, 0.25) is 0 Å². The molecule has 0 aromatic heterocycles. The van der Waals surface area contributed by atoms with Gasteiger partial charge in [-0.05, 0) is 54.5 Å². The number of ether oxygens (including phenoxy) is 3. The summed E-state index contributed by atoms with van der Waals surface area (Å²) < 4.78 is 29.0. The molecule has 0 fully saturated rings. The summed E-state index contributed by atoms with van der Waals surface area (Å²) in [6.45, 7) is 2.78. The largest absolute Gasteiger partial charge is 0.493 e. The number of rotatable bonds is 9. The lowest BCUT2D eigenvalue weighted by Crippen LogP contribution is -2.03. The predicted octanol–water partition coefficient (Wildman–Crippen LogP) is 5.02. The first-order chi connectivity index (χ1) is 12.6. The van der Waals surface area contributed by atoms with Crippen molar-refractivity contribution in [2.24, 2.45) is 0 Å². The van der Waals surface area contributed by atoms with E-state index in [2.05, 4.69) is 6.92 Å². The van der Waals surface area contributed by atoms with Gasteiger partial charge in [-0.2, -0.15) is 0 Å². The summed E-state index contributed by atoms with van der Waals surface area (Å²) in [5.41, 5.74) is 0.777. The van der Waals surface area contributed by atoms with Gasteiger partial charge in [-0.25, -0.2) is 9.18 Å². The van der Waals surface area contributed by atoms with E-state index in [1.54, 1.807) is 19.3 Å². The number of methoxy groups -OCH3 is 1. The maximum Gasteiger partial charge on any atom is 0.336 e. The van der Waals surface area contributed by atoms with Crippen LogP contribution < -0.4 is 14.2 Å². The van der Waals surface area contributed by atoms with Crippen molar-refractivity contribution in [3.05, 3.63) is 59.9 Å². The molecule has 5 heteroatoms. The number of halogens is 1. The average molecular weight is 358 g/mol. The van der Waals surface area contributed by atoms with Crippen molar-refractivity contribution >= 4 is 12.0 Å². The lowest BCUT2D eigenvalue weighted by molar-refractivity contribution is -0.128. The highest BCUT2D eigenvalue weighted by Crippen LogP contribution is 2.28. The summed E-state index contributed by atoms with van der Waals surface area (Å²) in [4.78, 5) is 11.8. The van der Waals surface area contributed by atoms with Crippen LogP contribution in [0.4, 0.5) is 4.39 Å². The van der Waals surface area contributed by atoms with Crippen LogP contribution in [0, 0.1) is 5.82 Å². The summed E-state index contributed by atoms with van der Waals surface area (Å²) in [6, 6.07) is 10.7. The molecule has 0 heterocycles. The molecule has 4 nitrogen and oxygen atoms in total. The van der Waals surface area contributed by atoms with Crippen molar-refractivity contribution < 1.29 is 23.4 Å². The molecule has 26 heavy (non-hydrogen) atoms. The number of unbranched alkanes of at least 4 members (excludes halogenated alkanes) is 2. The quantitative estimate of drug-likeness (QED) is 0.273. The van der Waals surface area contributed by atoms with Crippen LogP contribution in [0.3, 0.4) is 0 Å². The lowest BCUT2D eigenvalue weighted by Gasteiger charge is -2.11. The second-order valence-corrected chi connectivity index (χ2v) is 5.67. The second kappa shape index (κ2) is 10.2. The summed E-state index contributed by atoms with van der Waals surface area (Å²) in [5, 5.41) is 0. The van der Waals surface area contributed by atoms with Gasteiger partial charge in [0.2, 0.25) is 0 Å². The van der Waals surface area contributed by atoms with Crippen LogP contribution in [-0.4, -0.2) is 19.7 Å². The van der Waals surface area contributed by atoms with Crippen molar-refractivity contribution in [3.63, 3.8) is 0 Å². The van der Waals surface area contributed by atoms with E-state index >= 15 is 0 Å². The zero-order chi connectivity index (χ0) is 18.8. The first kappa shape index (κ1) is 19.5. The Hall–Kier alpha value is -2.82. The molecule has 0 bridgehead atoms. The van der Waals surface area contributed by atoms with E-state index in [0.29, 0.717) is 18.1 Å². The Kier molecular flexibility index (Phi) is 7.68. The van der Waals surface area contributed by atoms with Crippen molar-refractivity contribution in [3.8, 4) is 17.2 Å². The van der Waals surface area contributed by atoms with E-state index in [4.69, 9.17) is 14.2 Å². The molecule has 0 amide bonds. The molecule has 0 atom stereocenters. The maximum absolute atomic E-state index is 12.8. The molecule has 0 saturated carbocycles. The summed E-state index contributed by atoms with van der Waals surface area (Å²) in [7, 11) is 1.57. The highest BCUT2D eigenvalue weighted by molar-refractivity contribution is 5.88. The molecule has 0 aliphatic rings. The first-order valence-electron chi connectivity index (χ1n) is 8.58. The summed E-state index contributed by atoms with van der Waals surface area (Å²) in [5.74, 6) is 0.638. The fourth-order valence-corrected chi connectivity index (χ4v) is 2.26. The van der Waals surface area contributed by atoms with E-state index in [1.165, 1.54) is 30.3 Å². The maximum atomic E-state index is 12.8. The number of carbonyl (C=O) groups excluding carboxylic acids is 1. The van der Waals surface area contributed by atoms with E-state index in [9.17, 15) is 9.18 Å². The predicted molar refractivity (Wildman–Crippen MR) is 99.1 cm³/mol. The van der Waals surface area contributed by atoms with Gasteiger partial charge in [-0.3, -0.25) is 0 Å². The Balaban J connectivity index is 1.96. The molecule has 2 aromatic carbocycles. The third-order valence-electron chi connectivity index (χ3n) is 3.64. The Morgan fingerprint density at radius 2 is 1.85 bits per heavy atom.